The lowest BCUT2D eigenvalue weighted by molar-refractivity contribution is -0.120. The van der Waals surface area contributed by atoms with Crippen molar-refractivity contribution in [3.8, 4) is 0 Å². The first-order chi connectivity index (χ1) is 7.84. The lowest BCUT2D eigenvalue weighted by Gasteiger charge is -2.23. The Hall–Kier alpha value is -1.26. The maximum atomic E-state index is 11.5. The van der Waals surface area contributed by atoms with Gasteiger partial charge in [-0.3, -0.25) is 9.78 Å². The van der Waals surface area contributed by atoms with Gasteiger partial charge in [-0.25, -0.2) is 0 Å². The third-order valence-electron chi connectivity index (χ3n) is 3.02. The number of Topliss-reactive ketones (excluding diaryl/α,β-unsaturated/α-hetero) is 1. The Bertz CT molecular complexity index is 535. The molecule has 0 radical (unpaired) electrons. The number of pyridine rings is 1. The molecule has 0 saturated carbocycles. The van der Waals surface area contributed by atoms with E-state index in [1.807, 2.05) is 17.6 Å². The second-order valence-electron chi connectivity index (χ2n) is 4.07. The number of thiophene rings is 1. The van der Waals surface area contributed by atoms with E-state index in [1.165, 1.54) is 10.9 Å². The van der Waals surface area contributed by atoms with Crippen LogP contribution in [0, 0.1) is 0 Å². The summed E-state index contributed by atoms with van der Waals surface area (Å²) in [4.78, 5) is 15.8. The molecule has 1 unspecified atom stereocenters. The normalized spacial score (nSPS) is 21.5. The summed E-state index contributed by atoms with van der Waals surface area (Å²) in [6.07, 6.45) is 3.09. The summed E-state index contributed by atoms with van der Waals surface area (Å²) in [6, 6.07) is 2.19. The van der Waals surface area contributed by atoms with E-state index >= 15 is 0 Å². The molecule has 0 aliphatic carbocycles. The number of ketones is 1. The van der Waals surface area contributed by atoms with Crippen LogP contribution < -0.4 is 5.32 Å². The molecular formula is C12H12N2OS. The lowest BCUT2D eigenvalue weighted by atomic mass is 9.95. The van der Waals surface area contributed by atoms with Gasteiger partial charge in [0.1, 0.15) is 5.78 Å². The van der Waals surface area contributed by atoms with Crippen LogP contribution in [0.25, 0.3) is 10.9 Å². The van der Waals surface area contributed by atoms with Gasteiger partial charge in [0.15, 0.2) is 0 Å². The molecule has 0 aromatic carbocycles. The highest BCUT2D eigenvalue weighted by Gasteiger charge is 2.22. The number of hydrogen-bond donors (Lipinski definition) is 1. The zero-order chi connectivity index (χ0) is 11.0. The van der Waals surface area contributed by atoms with Crippen LogP contribution in [0.3, 0.4) is 0 Å². The van der Waals surface area contributed by atoms with E-state index in [0.29, 0.717) is 18.6 Å². The molecule has 3 nitrogen and oxygen atoms in total. The van der Waals surface area contributed by atoms with E-state index in [9.17, 15) is 4.79 Å². The Morgan fingerprint density at radius 2 is 2.38 bits per heavy atom. The zero-order valence-corrected chi connectivity index (χ0v) is 9.59. The number of hydrogen-bond acceptors (Lipinski definition) is 4. The van der Waals surface area contributed by atoms with Gasteiger partial charge in [-0.15, -0.1) is 11.3 Å². The number of aromatic nitrogens is 1. The molecule has 1 saturated heterocycles. The summed E-state index contributed by atoms with van der Waals surface area (Å²) in [5.41, 5.74) is 2.24. The fourth-order valence-electron chi connectivity index (χ4n) is 2.21. The van der Waals surface area contributed by atoms with Crippen LogP contribution in [0.1, 0.15) is 24.4 Å². The Kier molecular flexibility index (Phi) is 2.46. The predicted molar refractivity (Wildman–Crippen MR) is 64.6 cm³/mol. The van der Waals surface area contributed by atoms with Crippen LogP contribution >= 0.6 is 11.3 Å². The minimum absolute atomic E-state index is 0.168. The molecule has 1 atom stereocenters. The van der Waals surface area contributed by atoms with Crippen LogP contribution in [-0.4, -0.2) is 17.3 Å². The van der Waals surface area contributed by atoms with Gasteiger partial charge in [-0.2, -0.15) is 0 Å². The number of nitrogens with zero attached hydrogens (tertiary/aromatic N) is 1. The summed E-state index contributed by atoms with van der Waals surface area (Å²) in [5.74, 6) is 0.351. The van der Waals surface area contributed by atoms with Crippen molar-refractivity contribution in [2.45, 2.75) is 18.9 Å². The van der Waals surface area contributed by atoms with Crippen LogP contribution in [0.4, 0.5) is 0 Å². The van der Waals surface area contributed by atoms with Crippen molar-refractivity contribution >= 4 is 28.0 Å². The maximum absolute atomic E-state index is 11.5. The number of carbonyl (C=O) groups is 1. The van der Waals surface area contributed by atoms with E-state index in [-0.39, 0.29) is 6.04 Å². The third-order valence-corrected chi connectivity index (χ3v) is 3.75. The van der Waals surface area contributed by atoms with Gasteiger partial charge in [0.2, 0.25) is 0 Å². The van der Waals surface area contributed by atoms with E-state index in [1.54, 1.807) is 11.3 Å². The molecule has 3 heterocycles. The fourth-order valence-corrected chi connectivity index (χ4v) is 2.98. The van der Waals surface area contributed by atoms with E-state index in [2.05, 4.69) is 15.7 Å². The van der Waals surface area contributed by atoms with E-state index in [0.717, 1.165) is 12.1 Å². The Morgan fingerprint density at radius 1 is 1.44 bits per heavy atom. The number of rotatable bonds is 1. The molecule has 1 aliphatic rings. The summed E-state index contributed by atoms with van der Waals surface area (Å²) in [7, 11) is 0. The minimum atomic E-state index is 0.168. The molecule has 2 aromatic heterocycles. The quantitative estimate of drug-likeness (QED) is 0.820. The molecule has 1 fully saturated rings. The molecular weight excluding hydrogens is 220 g/mol. The second kappa shape index (κ2) is 3.96. The molecule has 16 heavy (non-hydrogen) atoms. The fraction of sp³-hybridized carbons (Fsp3) is 0.333. The van der Waals surface area contributed by atoms with Crippen molar-refractivity contribution in [1.29, 1.82) is 0 Å². The van der Waals surface area contributed by atoms with Crippen molar-refractivity contribution in [3.63, 3.8) is 0 Å². The average molecular weight is 232 g/mol. The standard InChI is InChI=1S/C12H12N2OS/c15-8-1-3-13-11(5-8)9-2-4-14-12-7-16-6-10(9)12/h2,4,6-7,11,13H,1,3,5H2. The second-order valence-corrected chi connectivity index (χ2v) is 4.81. The van der Waals surface area contributed by atoms with Crippen LogP contribution in [0.5, 0.6) is 0 Å². The average Bonchev–Trinajstić information content (AvgIpc) is 2.76. The van der Waals surface area contributed by atoms with Crippen LogP contribution in [-0.2, 0) is 4.79 Å². The molecule has 3 rings (SSSR count). The molecule has 82 valence electrons. The third kappa shape index (κ3) is 1.64. The minimum Gasteiger partial charge on any atom is -0.309 e. The number of piperidine rings is 1. The predicted octanol–water partition coefficient (Wildman–Crippen LogP) is 2.29. The van der Waals surface area contributed by atoms with Crippen molar-refractivity contribution < 1.29 is 4.79 Å². The molecule has 2 aromatic rings. The Balaban J connectivity index is 2.04. The Morgan fingerprint density at radius 3 is 3.25 bits per heavy atom. The van der Waals surface area contributed by atoms with Crippen LogP contribution in [0.2, 0.25) is 0 Å². The first kappa shape index (κ1) is 9.93. The molecule has 1 N–H and O–H groups in total. The molecule has 0 spiro atoms. The van der Waals surface area contributed by atoms with Gasteiger partial charge >= 0.3 is 0 Å². The van der Waals surface area contributed by atoms with Crippen LogP contribution in [0.15, 0.2) is 23.0 Å². The topological polar surface area (TPSA) is 42.0 Å². The van der Waals surface area contributed by atoms with Gasteiger partial charge in [0, 0.05) is 47.8 Å². The lowest BCUT2D eigenvalue weighted by Crippen LogP contribution is -2.31. The van der Waals surface area contributed by atoms with Crippen molar-refractivity contribution in [2.24, 2.45) is 0 Å². The number of nitrogens with one attached hydrogen (secondary N) is 1. The first-order valence-electron chi connectivity index (χ1n) is 5.40. The SMILES string of the molecule is O=C1CCNC(c2ccnc3cscc23)C1. The summed E-state index contributed by atoms with van der Waals surface area (Å²) in [6.45, 7) is 0.789. The smallest absolute Gasteiger partial charge is 0.136 e. The summed E-state index contributed by atoms with van der Waals surface area (Å²) < 4.78 is 0. The number of carbonyl (C=O) groups excluding carboxylic acids is 1. The highest BCUT2D eigenvalue weighted by Crippen LogP contribution is 2.29. The van der Waals surface area contributed by atoms with Gasteiger partial charge in [0.25, 0.3) is 0 Å². The maximum Gasteiger partial charge on any atom is 0.136 e. The van der Waals surface area contributed by atoms with Crippen molar-refractivity contribution in [2.75, 3.05) is 6.54 Å². The summed E-state index contributed by atoms with van der Waals surface area (Å²) in [5, 5.41) is 8.74. The van der Waals surface area contributed by atoms with E-state index < -0.39 is 0 Å². The zero-order valence-electron chi connectivity index (χ0n) is 8.77. The van der Waals surface area contributed by atoms with Gasteiger partial charge in [0.05, 0.1) is 5.52 Å². The molecule has 0 bridgehead atoms. The monoisotopic (exact) mass is 232 g/mol. The number of fused-ring (bicyclic) bond motifs is 1. The molecule has 4 heteroatoms. The summed E-state index contributed by atoms with van der Waals surface area (Å²) >= 11 is 1.66. The first-order valence-corrected chi connectivity index (χ1v) is 6.35. The highest BCUT2D eigenvalue weighted by atomic mass is 32.1. The van der Waals surface area contributed by atoms with Gasteiger partial charge in [-0.05, 0) is 11.6 Å². The Labute approximate surface area is 97.5 Å². The largest absolute Gasteiger partial charge is 0.309 e. The van der Waals surface area contributed by atoms with Gasteiger partial charge in [-0.1, -0.05) is 0 Å². The van der Waals surface area contributed by atoms with Crippen molar-refractivity contribution in [3.05, 3.63) is 28.6 Å². The van der Waals surface area contributed by atoms with Crippen molar-refractivity contribution in [1.82, 2.24) is 10.3 Å². The molecule has 1 aliphatic heterocycles. The highest BCUT2D eigenvalue weighted by molar-refractivity contribution is 7.09. The van der Waals surface area contributed by atoms with Gasteiger partial charge < -0.3 is 5.32 Å². The van der Waals surface area contributed by atoms with E-state index in [4.69, 9.17) is 0 Å². The molecule has 0 amide bonds.